The molecule has 1 atom stereocenters. The summed E-state index contributed by atoms with van der Waals surface area (Å²) in [4.78, 5) is 24.9. The number of rotatable bonds is 2. The van der Waals surface area contributed by atoms with Crippen molar-refractivity contribution >= 4 is 12.0 Å². The SMILES string of the molecule is CC1(C)CCN(C(=O)N[C@@H](C(=O)O)C(C)(C)C)C1. The van der Waals surface area contributed by atoms with Crippen LogP contribution in [0.2, 0.25) is 0 Å². The molecule has 1 rings (SSSR count). The third kappa shape index (κ3) is 3.62. The lowest BCUT2D eigenvalue weighted by Gasteiger charge is -2.30. The van der Waals surface area contributed by atoms with E-state index < -0.39 is 17.4 Å². The van der Waals surface area contributed by atoms with E-state index in [1.165, 1.54) is 0 Å². The van der Waals surface area contributed by atoms with E-state index in [-0.39, 0.29) is 11.4 Å². The van der Waals surface area contributed by atoms with E-state index >= 15 is 0 Å². The molecule has 5 nitrogen and oxygen atoms in total. The molecular formula is C13H24N2O3. The molecule has 0 spiro atoms. The van der Waals surface area contributed by atoms with Crippen LogP contribution >= 0.6 is 0 Å². The van der Waals surface area contributed by atoms with E-state index in [1.54, 1.807) is 25.7 Å². The number of nitrogens with zero attached hydrogens (tertiary/aromatic N) is 1. The summed E-state index contributed by atoms with van der Waals surface area (Å²) in [7, 11) is 0. The molecule has 18 heavy (non-hydrogen) atoms. The number of urea groups is 1. The van der Waals surface area contributed by atoms with Gasteiger partial charge in [0.15, 0.2) is 0 Å². The Morgan fingerprint density at radius 3 is 2.22 bits per heavy atom. The fraction of sp³-hybridized carbons (Fsp3) is 0.846. The number of carboxylic acid groups (broad SMARTS) is 1. The van der Waals surface area contributed by atoms with Crippen molar-refractivity contribution in [2.45, 2.75) is 47.1 Å². The maximum Gasteiger partial charge on any atom is 0.326 e. The fourth-order valence-electron chi connectivity index (χ4n) is 2.15. The maximum atomic E-state index is 12.0. The molecule has 1 saturated heterocycles. The highest BCUT2D eigenvalue weighted by molar-refractivity contribution is 5.83. The maximum absolute atomic E-state index is 12.0. The molecule has 104 valence electrons. The van der Waals surface area contributed by atoms with Gasteiger partial charge in [-0.2, -0.15) is 0 Å². The number of carboxylic acids is 1. The molecule has 1 fully saturated rings. The Hall–Kier alpha value is -1.26. The van der Waals surface area contributed by atoms with Crippen molar-refractivity contribution in [1.82, 2.24) is 10.2 Å². The number of amides is 2. The zero-order valence-corrected chi connectivity index (χ0v) is 11.9. The molecule has 0 unspecified atom stereocenters. The molecule has 1 aliphatic rings. The largest absolute Gasteiger partial charge is 0.480 e. The second-order valence-corrected chi connectivity index (χ2v) is 6.92. The smallest absolute Gasteiger partial charge is 0.326 e. The zero-order chi connectivity index (χ0) is 14.1. The first-order valence-electron chi connectivity index (χ1n) is 6.31. The van der Waals surface area contributed by atoms with Gasteiger partial charge in [0.25, 0.3) is 0 Å². The number of hydrogen-bond donors (Lipinski definition) is 2. The first-order chi connectivity index (χ1) is 8.03. The van der Waals surface area contributed by atoms with Crippen LogP contribution in [0, 0.1) is 10.8 Å². The standard InChI is InChI=1S/C13H24N2O3/c1-12(2,3)9(10(16)17)14-11(18)15-7-6-13(4,5)8-15/h9H,6-8H2,1-5H3,(H,14,18)(H,16,17)/t9-/m0/s1. The number of likely N-dealkylation sites (tertiary alicyclic amines) is 1. The summed E-state index contributed by atoms with van der Waals surface area (Å²) in [6, 6.07) is -1.14. The average Bonchev–Trinajstić information content (AvgIpc) is 2.52. The number of hydrogen-bond acceptors (Lipinski definition) is 2. The fourth-order valence-corrected chi connectivity index (χ4v) is 2.15. The molecule has 0 aromatic heterocycles. The number of carbonyl (C=O) groups is 2. The van der Waals surface area contributed by atoms with Gasteiger partial charge in [0.2, 0.25) is 0 Å². The van der Waals surface area contributed by atoms with E-state index in [2.05, 4.69) is 19.2 Å². The highest BCUT2D eigenvalue weighted by atomic mass is 16.4. The molecule has 5 heteroatoms. The first-order valence-corrected chi connectivity index (χ1v) is 6.31. The predicted molar refractivity (Wildman–Crippen MR) is 69.4 cm³/mol. The van der Waals surface area contributed by atoms with Crippen molar-refractivity contribution in [3.05, 3.63) is 0 Å². The highest BCUT2D eigenvalue weighted by Crippen LogP contribution is 2.29. The lowest BCUT2D eigenvalue weighted by Crippen LogP contribution is -2.53. The van der Waals surface area contributed by atoms with Crippen molar-refractivity contribution in [3.8, 4) is 0 Å². The van der Waals surface area contributed by atoms with Gasteiger partial charge in [-0.15, -0.1) is 0 Å². The van der Waals surface area contributed by atoms with Crippen molar-refractivity contribution in [2.24, 2.45) is 10.8 Å². The van der Waals surface area contributed by atoms with Gasteiger partial charge in [0, 0.05) is 13.1 Å². The summed E-state index contributed by atoms with van der Waals surface area (Å²) in [6.07, 6.45) is 0.952. The molecule has 0 bridgehead atoms. The van der Waals surface area contributed by atoms with Crippen LogP contribution in [0.5, 0.6) is 0 Å². The minimum atomic E-state index is -0.991. The van der Waals surface area contributed by atoms with Gasteiger partial charge in [-0.3, -0.25) is 0 Å². The summed E-state index contributed by atoms with van der Waals surface area (Å²) >= 11 is 0. The molecule has 2 amide bonds. The van der Waals surface area contributed by atoms with E-state index in [4.69, 9.17) is 0 Å². The van der Waals surface area contributed by atoms with Gasteiger partial charge in [-0.25, -0.2) is 9.59 Å². The van der Waals surface area contributed by atoms with E-state index in [1.807, 2.05) is 0 Å². The quantitative estimate of drug-likeness (QED) is 0.793. The normalized spacial score (nSPS) is 20.6. The van der Waals surface area contributed by atoms with Gasteiger partial charge in [-0.1, -0.05) is 34.6 Å². The zero-order valence-electron chi connectivity index (χ0n) is 11.9. The predicted octanol–water partition coefficient (Wildman–Crippen LogP) is 1.93. The molecular weight excluding hydrogens is 232 g/mol. The van der Waals surface area contributed by atoms with Crippen LogP contribution in [0.4, 0.5) is 4.79 Å². The molecule has 1 heterocycles. The van der Waals surface area contributed by atoms with Crippen LogP contribution in [0.3, 0.4) is 0 Å². The third-order valence-corrected chi connectivity index (χ3v) is 3.35. The number of aliphatic carboxylic acids is 1. The van der Waals surface area contributed by atoms with Crippen molar-refractivity contribution in [1.29, 1.82) is 0 Å². The Labute approximate surface area is 109 Å². The molecule has 0 aliphatic carbocycles. The second-order valence-electron chi connectivity index (χ2n) is 6.92. The molecule has 0 saturated carbocycles. The van der Waals surface area contributed by atoms with Crippen LogP contribution in [0.25, 0.3) is 0 Å². The Bertz CT molecular complexity index is 345. The van der Waals surface area contributed by atoms with E-state index in [0.717, 1.165) is 6.42 Å². The van der Waals surface area contributed by atoms with Crippen LogP contribution in [0.1, 0.15) is 41.0 Å². The summed E-state index contributed by atoms with van der Waals surface area (Å²) in [6.45, 7) is 11.0. The topological polar surface area (TPSA) is 69.6 Å². The van der Waals surface area contributed by atoms with Gasteiger partial charge in [0.1, 0.15) is 6.04 Å². The summed E-state index contributed by atoms with van der Waals surface area (Å²) < 4.78 is 0. The highest BCUT2D eigenvalue weighted by Gasteiger charge is 2.37. The Morgan fingerprint density at radius 2 is 1.89 bits per heavy atom. The average molecular weight is 256 g/mol. The van der Waals surface area contributed by atoms with E-state index in [0.29, 0.717) is 13.1 Å². The Kier molecular flexibility index (Phi) is 3.93. The Balaban J connectivity index is 2.66. The third-order valence-electron chi connectivity index (χ3n) is 3.35. The molecule has 1 aliphatic heterocycles. The monoisotopic (exact) mass is 256 g/mol. The molecule has 0 aromatic rings. The molecule has 2 N–H and O–H groups in total. The Morgan fingerprint density at radius 1 is 1.33 bits per heavy atom. The summed E-state index contributed by atoms with van der Waals surface area (Å²) in [5.41, 5.74) is -0.380. The van der Waals surface area contributed by atoms with Crippen molar-refractivity contribution in [2.75, 3.05) is 13.1 Å². The van der Waals surface area contributed by atoms with E-state index in [9.17, 15) is 14.7 Å². The molecule has 0 aromatic carbocycles. The van der Waals surface area contributed by atoms with Crippen molar-refractivity contribution < 1.29 is 14.7 Å². The van der Waals surface area contributed by atoms with Crippen LogP contribution in [-0.4, -0.2) is 41.1 Å². The molecule has 0 radical (unpaired) electrons. The van der Waals surface area contributed by atoms with Gasteiger partial charge in [-0.05, 0) is 17.3 Å². The summed E-state index contributed by atoms with van der Waals surface area (Å²) in [5.74, 6) is -0.991. The van der Waals surface area contributed by atoms with Crippen LogP contribution in [0.15, 0.2) is 0 Å². The van der Waals surface area contributed by atoms with Gasteiger partial charge in [0.05, 0.1) is 0 Å². The minimum absolute atomic E-state index is 0.123. The van der Waals surface area contributed by atoms with Crippen LogP contribution < -0.4 is 5.32 Å². The lowest BCUT2D eigenvalue weighted by atomic mass is 9.87. The lowest BCUT2D eigenvalue weighted by molar-refractivity contribution is -0.142. The summed E-state index contributed by atoms with van der Waals surface area (Å²) in [5, 5.41) is 11.8. The minimum Gasteiger partial charge on any atom is -0.480 e. The second kappa shape index (κ2) is 4.78. The van der Waals surface area contributed by atoms with Crippen molar-refractivity contribution in [3.63, 3.8) is 0 Å². The number of nitrogens with one attached hydrogen (secondary N) is 1. The van der Waals surface area contributed by atoms with Gasteiger partial charge >= 0.3 is 12.0 Å². The number of carbonyl (C=O) groups excluding carboxylic acids is 1. The van der Waals surface area contributed by atoms with Crippen LogP contribution in [-0.2, 0) is 4.79 Å². The van der Waals surface area contributed by atoms with Gasteiger partial charge < -0.3 is 15.3 Å². The first kappa shape index (κ1) is 14.8.